The van der Waals surface area contributed by atoms with Gasteiger partial charge < -0.3 is 9.32 Å². The molecule has 0 atom stereocenters. The fraction of sp³-hybridized carbons (Fsp3) is 0.227. The highest BCUT2D eigenvalue weighted by molar-refractivity contribution is 5.95. The Morgan fingerprint density at radius 1 is 1.11 bits per heavy atom. The molecule has 2 heterocycles. The van der Waals surface area contributed by atoms with E-state index in [2.05, 4.69) is 6.07 Å². The number of carbonyl (C=O) groups excluding carboxylic acids is 1. The minimum Gasteiger partial charge on any atom is -0.417 e. The number of fused-ring (bicyclic) bond motifs is 1. The molecule has 2 aromatic carbocycles. The fourth-order valence-electron chi connectivity index (χ4n) is 3.74. The zero-order chi connectivity index (χ0) is 19.7. The minimum absolute atomic E-state index is 0.118. The van der Waals surface area contributed by atoms with Crippen molar-refractivity contribution < 1.29 is 13.6 Å². The van der Waals surface area contributed by atoms with Crippen LogP contribution in [0.2, 0.25) is 0 Å². The standard InChI is InChI=1S/C22H17FN2O3/c23-17-6-7-18-15(12-17)13-19(28-21(18)27)20(26)25-10-8-22(14-24,9-11-25)16-4-2-1-3-5-16/h1-7,12-13H,8-11H2. The molecular weight excluding hydrogens is 359 g/mol. The van der Waals surface area contributed by atoms with Gasteiger partial charge in [0, 0.05) is 13.1 Å². The molecule has 1 aromatic heterocycles. The van der Waals surface area contributed by atoms with Gasteiger partial charge in [-0.05, 0) is 48.1 Å². The van der Waals surface area contributed by atoms with Crippen LogP contribution in [0.4, 0.5) is 4.39 Å². The number of hydrogen-bond acceptors (Lipinski definition) is 4. The zero-order valence-electron chi connectivity index (χ0n) is 15.0. The summed E-state index contributed by atoms with van der Waals surface area (Å²) in [4.78, 5) is 26.5. The van der Waals surface area contributed by atoms with E-state index >= 15 is 0 Å². The molecule has 1 saturated heterocycles. The van der Waals surface area contributed by atoms with Gasteiger partial charge >= 0.3 is 5.63 Å². The third kappa shape index (κ3) is 3.05. The Labute approximate surface area is 160 Å². The largest absolute Gasteiger partial charge is 0.417 e. The monoisotopic (exact) mass is 376 g/mol. The summed E-state index contributed by atoms with van der Waals surface area (Å²) in [6, 6.07) is 17.1. The van der Waals surface area contributed by atoms with Gasteiger partial charge in [0.05, 0.1) is 16.9 Å². The summed E-state index contributed by atoms with van der Waals surface area (Å²) in [5.74, 6) is -1.04. The molecule has 0 N–H and O–H groups in total. The van der Waals surface area contributed by atoms with Crippen molar-refractivity contribution in [2.24, 2.45) is 0 Å². The number of piperidine rings is 1. The van der Waals surface area contributed by atoms with Gasteiger partial charge in [-0.3, -0.25) is 4.79 Å². The Balaban J connectivity index is 1.59. The second kappa shape index (κ2) is 6.93. The van der Waals surface area contributed by atoms with Crippen LogP contribution in [0.3, 0.4) is 0 Å². The van der Waals surface area contributed by atoms with E-state index in [9.17, 15) is 19.2 Å². The van der Waals surface area contributed by atoms with Crippen LogP contribution in [0.25, 0.3) is 10.8 Å². The van der Waals surface area contributed by atoms with Crippen LogP contribution < -0.4 is 5.63 Å². The topological polar surface area (TPSA) is 74.3 Å². The molecular formula is C22H17FN2O3. The quantitative estimate of drug-likeness (QED) is 0.685. The van der Waals surface area contributed by atoms with Gasteiger partial charge in [0.1, 0.15) is 5.82 Å². The predicted octanol–water partition coefficient (Wildman–Crippen LogP) is 3.63. The molecule has 0 aliphatic carbocycles. The van der Waals surface area contributed by atoms with Gasteiger partial charge in [0.15, 0.2) is 5.76 Å². The molecule has 6 heteroatoms. The van der Waals surface area contributed by atoms with Crippen molar-refractivity contribution in [3.63, 3.8) is 0 Å². The Morgan fingerprint density at radius 3 is 2.50 bits per heavy atom. The molecule has 0 saturated carbocycles. The number of hydrogen-bond donors (Lipinski definition) is 0. The molecule has 1 aliphatic heterocycles. The number of likely N-dealkylation sites (tertiary alicyclic amines) is 1. The van der Waals surface area contributed by atoms with Crippen molar-refractivity contribution in [3.05, 3.63) is 82.2 Å². The van der Waals surface area contributed by atoms with E-state index in [4.69, 9.17) is 4.42 Å². The van der Waals surface area contributed by atoms with Crippen LogP contribution in [0, 0.1) is 17.1 Å². The summed E-state index contributed by atoms with van der Waals surface area (Å²) in [7, 11) is 0. The molecule has 0 bridgehead atoms. The maximum atomic E-state index is 13.5. The van der Waals surface area contributed by atoms with Crippen LogP contribution in [-0.4, -0.2) is 23.9 Å². The number of carbonyl (C=O) groups is 1. The van der Waals surface area contributed by atoms with E-state index in [1.54, 1.807) is 4.90 Å². The van der Waals surface area contributed by atoms with Crippen molar-refractivity contribution in [1.29, 1.82) is 5.26 Å². The first kappa shape index (κ1) is 17.9. The number of amides is 1. The summed E-state index contributed by atoms with van der Waals surface area (Å²) < 4.78 is 18.7. The van der Waals surface area contributed by atoms with Crippen molar-refractivity contribution >= 4 is 16.7 Å². The Morgan fingerprint density at radius 2 is 1.82 bits per heavy atom. The summed E-state index contributed by atoms with van der Waals surface area (Å²) >= 11 is 0. The minimum atomic E-state index is -0.673. The van der Waals surface area contributed by atoms with E-state index in [1.165, 1.54) is 24.3 Å². The second-order valence-corrected chi connectivity index (χ2v) is 6.98. The van der Waals surface area contributed by atoms with Crippen LogP contribution in [0.1, 0.15) is 29.0 Å². The molecule has 5 nitrogen and oxygen atoms in total. The van der Waals surface area contributed by atoms with Gasteiger partial charge in [-0.25, -0.2) is 9.18 Å². The lowest BCUT2D eigenvalue weighted by Crippen LogP contribution is -2.44. The second-order valence-electron chi connectivity index (χ2n) is 6.98. The lowest BCUT2D eigenvalue weighted by molar-refractivity contribution is 0.0655. The normalized spacial score (nSPS) is 15.9. The molecule has 0 spiro atoms. The van der Waals surface area contributed by atoms with E-state index in [-0.39, 0.29) is 11.1 Å². The summed E-state index contributed by atoms with van der Waals surface area (Å²) in [6.07, 6.45) is 0.984. The third-order valence-electron chi connectivity index (χ3n) is 5.38. The van der Waals surface area contributed by atoms with Crippen LogP contribution in [0.5, 0.6) is 0 Å². The third-order valence-corrected chi connectivity index (χ3v) is 5.38. The van der Waals surface area contributed by atoms with Crippen molar-refractivity contribution in [2.75, 3.05) is 13.1 Å². The van der Waals surface area contributed by atoms with E-state index in [0.717, 1.165) is 5.56 Å². The highest BCUT2D eigenvalue weighted by atomic mass is 19.1. The molecule has 4 rings (SSSR count). The lowest BCUT2D eigenvalue weighted by atomic mass is 9.74. The SMILES string of the molecule is N#CC1(c2ccccc2)CCN(C(=O)c2cc3cc(F)ccc3c(=O)o2)CC1. The average Bonchev–Trinajstić information content (AvgIpc) is 2.73. The first-order valence-corrected chi connectivity index (χ1v) is 9.02. The van der Waals surface area contributed by atoms with Crippen molar-refractivity contribution in [3.8, 4) is 6.07 Å². The molecule has 0 unspecified atom stereocenters. The van der Waals surface area contributed by atoms with Crippen molar-refractivity contribution in [2.45, 2.75) is 18.3 Å². The highest BCUT2D eigenvalue weighted by Crippen LogP contribution is 2.35. The van der Waals surface area contributed by atoms with E-state index in [0.29, 0.717) is 31.3 Å². The maximum Gasteiger partial charge on any atom is 0.344 e. The summed E-state index contributed by atoms with van der Waals surface area (Å²) in [5, 5.41) is 10.3. The Bertz CT molecular complexity index is 1140. The molecule has 1 amide bonds. The zero-order valence-corrected chi connectivity index (χ0v) is 15.0. The maximum absolute atomic E-state index is 13.5. The first-order valence-electron chi connectivity index (χ1n) is 9.02. The van der Waals surface area contributed by atoms with Crippen LogP contribution >= 0.6 is 0 Å². The molecule has 1 aliphatic rings. The van der Waals surface area contributed by atoms with Crippen LogP contribution in [-0.2, 0) is 5.41 Å². The molecule has 140 valence electrons. The van der Waals surface area contributed by atoms with E-state index in [1.807, 2.05) is 30.3 Å². The van der Waals surface area contributed by atoms with Gasteiger partial charge in [-0.2, -0.15) is 5.26 Å². The molecule has 3 aromatic rings. The summed E-state index contributed by atoms with van der Waals surface area (Å²) in [6.45, 7) is 0.734. The fourth-order valence-corrected chi connectivity index (χ4v) is 3.74. The van der Waals surface area contributed by atoms with Gasteiger partial charge in [0.2, 0.25) is 0 Å². The van der Waals surface area contributed by atoms with Crippen LogP contribution in [0.15, 0.2) is 63.8 Å². The Hall–Kier alpha value is -3.46. The Kier molecular flexibility index (Phi) is 4.44. The van der Waals surface area contributed by atoms with E-state index < -0.39 is 22.8 Å². The summed E-state index contributed by atoms with van der Waals surface area (Å²) in [5.41, 5.74) is -0.364. The lowest BCUT2D eigenvalue weighted by Gasteiger charge is -2.37. The van der Waals surface area contributed by atoms with Gasteiger partial charge in [-0.1, -0.05) is 30.3 Å². The number of nitriles is 1. The number of benzene rings is 2. The number of nitrogens with zero attached hydrogens (tertiary/aromatic N) is 2. The number of rotatable bonds is 2. The first-order chi connectivity index (χ1) is 13.5. The highest BCUT2D eigenvalue weighted by Gasteiger charge is 2.38. The predicted molar refractivity (Wildman–Crippen MR) is 101 cm³/mol. The van der Waals surface area contributed by atoms with Gasteiger partial charge in [0.25, 0.3) is 5.91 Å². The molecule has 28 heavy (non-hydrogen) atoms. The number of halogens is 1. The molecule has 1 fully saturated rings. The average molecular weight is 376 g/mol. The van der Waals surface area contributed by atoms with Crippen molar-refractivity contribution in [1.82, 2.24) is 4.90 Å². The molecule has 0 radical (unpaired) electrons. The smallest absolute Gasteiger partial charge is 0.344 e. The van der Waals surface area contributed by atoms with Gasteiger partial charge in [-0.15, -0.1) is 0 Å².